The Morgan fingerprint density at radius 1 is 1.12 bits per heavy atom. The van der Waals surface area contributed by atoms with E-state index in [1.165, 1.54) is 5.56 Å². The monoisotopic (exact) mass is 372 g/mol. The molecule has 0 heterocycles. The van der Waals surface area contributed by atoms with Gasteiger partial charge < -0.3 is 10.2 Å². The molecule has 0 saturated heterocycles. The summed E-state index contributed by atoms with van der Waals surface area (Å²) in [6.07, 6.45) is 0.997. The molecule has 1 N–H and O–H groups in total. The molecule has 0 radical (unpaired) electrons. The van der Waals surface area contributed by atoms with E-state index < -0.39 is 6.04 Å². The number of carbonyl (C=O) groups is 2. The van der Waals surface area contributed by atoms with Gasteiger partial charge in [-0.2, -0.15) is 0 Å². The zero-order valence-corrected chi connectivity index (χ0v) is 16.2. The second-order valence-electron chi connectivity index (χ2n) is 6.43. The van der Waals surface area contributed by atoms with Crippen LogP contribution in [0.25, 0.3) is 0 Å². The van der Waals surface area contributed by atoms with E-state index in [0.717, 1.165) is 11.1 Å². The fraction of sp³-hybridized carbons (Fsp3) is 0.333. The lowest BCUT2D eigenvalue weighted by Crippen LogP contribution is -2.46. The van der Waals surface area contributed by atoms with Gasteiger partial charge in [-0.3, -0.25) is 9.59 Å². The van der Waals surface area contributed by atoms with Gasteiger partial charge in [0, 0.05) is 25.0 Å². The van der Waals surface area contributed by atoms with Crippen LogP contribution in [-0.2, 0) is 22.6 Å². The summed E-state index contributed by atoms with van der Waals surface area (Å²) in [6.45, 7) is 4.13. The molecule has 0 spiro atoms. The van der Waals surface area contributed by atoms with Crippen molar-refractivity contribution in [3.8, 4) is 0 Å². The SMILES string of the molecule is CNC(=O)[C@@H](C)N(Cc1cccc(Cl)c1)C(=O)CCc1ccc(C)cc1. The number of hydrogen-bond donors (Lipinski definition) is 1. The van der Waals surface area contributed by atoms with Crippen molar-refractivity contribution in [1.29, 1.82) is 0 Å². The Bertz CT molecular complexity index is 759. The third kappa shape index (κ3) is 5.60. The molecule has 0 saturated carbocycles. The first-order valence-electron chi connectivity index (χ1n) is 8.71. The van der Waals surface area contributed by atoms with Gasteiger partial charge in [0.15, 0.2) is 0 Å². The molecule has 0 bridgehead atoms. The van der Waals surface area contributed by atoms with E-state index >= 15 is 0 Å². The summed E-state index contributed by atoms with van der Waals surface area (Å²) < 4.78 is 0. The van der Waals surface area contributed by atoms with E-state index in [0.29, 0.717) is 24.4 Å². The molecule has 1 atom stereocenters. The van der Waals surface area contributed by atoms with Crippen LogP contribution in [0.4, 0.5) is 0 Å². The van der Waals surface area contributed by atoms with Crippen molar-refractivity contribution in [2.45, 2.75) is 39.3 Å². The summed E-state index contributed by atoms with van der Waals surface area (Å²) >= 11 is 6.05. The summed E-state index contributed by atoms with van der Waals surface area (Å²) in [4.78, 5) is 26.6. The first-order chi connectivity index (χ1) is 12.4. The molecular formula is C21H25ClN2O2. The van der Waals surface area contributed by atoms with Gasteiger partial charge in [0.25, 0.3) is 0 Å². The largest absolute Gasteiger partial charge is 0.357 e. The average Bonchev–Trinajstić information content (AvgIpc) is 2.64. The van der Waals surface area contributed by atoms with E-state index in [9.17, 15) is 9.59 Å². The van der Waals surface area contributed by atoms with Gasteiger partial charge in [0.1, 0.15) is 6.04 Å². The highest BCUT2D eigenvalue weighted by Gasteiger charge is 2.25. The van der Waals surface area contributed by atoms with Crippen LogP contribution in [0, 0.1) is 6.92 Å². The molecule has 2 aromatic rings. The first-order valence-corrected chi connectivity index (χ1v) is 9.09. The second kappa shape index (κ2) is 9.39. The van der Waals surface area contributed by atoms with Gasteiger partial charge in [0.2, 0.25) is 11.8 Å². The summed E-state index contributed by atoms with van der Waals surface area (Å²) in [5.74, 6) is -0.239. The molecule has 0 aromatic heterocycles. The van der Waals surface area contributed by atoms with Gasteiger partial charge in [0.05, 0.1) is 0 Å². The number of aryl methyl sites for hydroxylation is 2. The minimum absolute atomic E-state index is 0.0540. The number of benzene rings is 2. The van der Waals surface area contributed by atoms with Crippen molar-refractivity contribution in [2.24, 2.45) is 0 Å². The van der Waals surface area contributed by atoms with Gasteiger partial charge >= 0.3 is 0 Å². The molecule has 0 fully saturated rings. The van der Waals surface area contributed by atoms with Crippen LogP contribution in [0.2, 0.25) is 5.02 Å². The second-order valence-corrected chi connectivity index (χ2v) is 6.86. The number of nitrogens with one attached hydrogen (secondary N) is 1. The third-order valence-electron chi connectivity index (χ3n) is 4.40. The van der Waals surface area contributed by atoms with Gasteiger partial charge in [-0.05, 0) is 43.5 Å². The van der Waals surface area contributed by atoms with Crippen LogP contribution in [0.15, 0.2) is 48.5 Å². The molecule has 0 aliphatic carbocycles. The van der Waals surface area contributed by atoms with Gasteiger partial charge in [-0.1, -0.05) is 53.6 Å². The summed E-state index contributed by atoms with van der Waals surface area (Å²) in [7, 11) is 1.58. The standard InChI is InChI=1S/C21H25ClN2O2/c1-15-7-9-17(10-8-15)11-12-20(25)24(16(2)21(26)23-3)14-18-5-4-6-19(22)13-18/h4-10,13,16H,11-12,14H2,1-3H3,(H,23,26)/t16-/m1/s1. The predicted octanol–water partition coefficient (Wildman–Crippen LogP) is 3.74. The van der Waals surface area contributed by atoms with Crippen molar-refractivity contribution < 1.29 is 9.59 Å². The molecule has 4 nitrogen and oxygen atoms in total. The zero-order chi connectivity index (χ0) is 19.1. The fourth-order valence-corrected chi connectivity index (χ4v) is 2.99. The maximum Gasteiger partial charge on any atom is 0.242 e. The van der Waals surface area contributed by atoms with Gasteiger partial charge in [-0.15, -0.1) is 0 Å². The Hall–Kier alpha value is -2.33. The average molecular weight is 373 g/mol. The van der Waals surface area contributed by atoms with Crippen molar-refractivity contribution in [3.05, 3.63) is 70.2 Å². The quantitative estimate of drug-likeness (QED) is 0.804. The number of halogens is 1. The Labute approximate surface area is 160 Å². The predicted molar refractivity (Wildman–Crippen MR) is 105 cm³/mol. The van der Waals surface area contributed by atoms with E-state index in [-0.39, 0.29) is 11.8 Å². The highest BCUT2D eigenvalue weighted by atomic mass is 35.5. The number of rotatable bonds is 7. The van der Waals surface area contributed by atoms with E-state index in [2.05, 4.69) is 5.32 Å². The van der Waals surface area contributed by atoms with E-state index in [1.54, 1.807) is 24.9 Å². The summed E-state index contributed by atoms with van der Waals surface area (Å²) in [5.41, 5.74) is 3.20. The maximum atomic E-state index is 12.8. The minimum Gasteiger partial charge on any atom is -0.357 e. The normalized spacial score (nSPS) is 11.7. The number of nitrogens with zero attached hydrogens (tertiary/aromatic N) is 1. The maximum absolute atomic E-state index is 12.8. The number of hydrogen-bond acceptors (Lipinski definition) is 2. The molecule has 26 heavy (non-hydrogen) atoms. The number of carbonyl (C=O) groups excluding carboxylic acids is 2. The lowest BCUT2D eigenvalue weighted by molar-refractivity contribution is -0.140. The molecule has 0 unspecified atom stereocenters. The topological polar surface area (TPSA) is 49.4 Å². The Morgan fingerprint density at radius 3 is 2.42 bits per heavy atom. The fourth-order valence-electron chi connectivity index (χ4n) is 2.77. The number of likely N-dealkylation sites (N-methyl/N-ethyl adjacent to an activating group) is 1. The van der Waals surface area contributed by atoms with Crippen LogP contribution >= 0.6 is 11.6 Å². The molecule has 2 amide bonds. The highest BCUT2D eigenvalue weighted by molar-refractivity contribution is 6.30. The minimum atomic E-state index is -0.551. The van der Waals surface area contributed by atoms with Crippen LogP contribution in [-0.4, -0.2) is 29.8 Å². The molecule has 5 heteroatoms. The molecule has 0 aliphatic rings. The summed E-state index contributed by atoms with van der Waals surface area (Å²) in [5, 5.41) is 3.23. The van der Waals surface area contributed by atoms with Gasteiger partial charge in [-0.25, -0.2) is 0 Å². The Kier molecular flexibility index (Phi) is 7.22. The van der Waals surface area contributed by atoms with E-state index in [1.807, 2.05) is 49.4 Å². The first kappa shape index (κ1) is 20.0. The lowest BCUT2D eigenvalue weighted by atomic mass is 10.1. The summed E-state index contributed by atoms with van der Waals surface area (Å²) in [6, 6.07) is 14.9. The lowest BCUT2D eigenvalue weighted by Gasteiger charge is -2.28. The van der Waals surface area contributed by atoms with Crippen molar-refractivity contribution in [1.82, 2.24) is 10.2 Å². The zero-order valence-electron chi connectivity index (χ0n) is 15.5. The molecular weight excluding hydrogens is 348 g/mol. The van der Waals surface area contributed by atoms with Crippen LogP contribution < -0.4 is 5.32 Å². The Balaban J connectivity index is 2.12. The van der Waals surface area contributed by atoms with E-state index in [4.69, 9.17) is 11.6 Å². The third-order valence-corrected chi connectivity index (χ3v) is 4.64. The Morgan fingerprint density at radius 2 is 1.81 bits per heavy atom. The van der Waals surface area contributed by atoms with Crippen molar-refractivity contribution >= 4 is 23.4 Å². The number of amides is 2. The molecule has 138 valence electrons. The van der Waals surface area contributed by atoms with Crippen molar-refractivity contribution in [2.75, 3.05) is 7.05 Å². The van der Waals surface area contributed by atoms with Crippen molar-refractivity contribution in [3.63, 3.8) is 0 Å². The van der Waals surface area contributed by atoms with Crippen LogP contribution in [0.3, 0.4) is 0 Å². The smallest absolute Gasteiger partial charge is 0.242 e. The molecule has 0 aliphatic heterocycles. The molecule has 2 rings (SSSR count). The molecule has 2 aromatic carbocycles. The highest BCUT2D eigenvalue weighted by Crippen LogP contribution is 2.16. The van der Waals surface area contributed by atoms with Crippen LogP contribution in [0.5, 0.6) is 0 Å². The van der Waals surface area contributed by atoms with Crippen LogP contribution in [0.1, 0.15) is 30.0 Å².